The number of rotatable bonds is 7. The Labute approximate surface area is 127 Å². The fraction of sp³-hybridized carbons (Fsp3) is 0.538. The molecule has 0 aliphatic carbocycles. The number of hydrogen-bond acceptors (Lipinski definition) is 2. The molecule has 1 aromatic carbocycles. The number of halogens is 6. The summed E-state index contributed by atoms with van der Waals surface area (Å²) in [7, 11) is 0. The van der Waals surface area contributed by atoms with Gasteiger partial charge in [0.05, 0.1) is 4.47 Å². The maximum atomic E-state index is 13.8. The molecule has 0 saturated carbocycles. The Morgan fingerprint density at radius 1 is 1.24 bits per heavy atom. The molecule has 0 radical (unpaired) electrons. The van der Waals surface area contributed by atoms with Crippen LogP contribution in [0.1, 0.15) is 24.9 Å². The molecule has 21 heavy (non-hydrogen) atoms. The quantitative estimate of drug-likeness (QED) is 0.434. The number of nitrogens with one attached hydrogen (secondary N) is 1. The first-order valence-electron chi connectivity index (χ1n) is 6.27. The lowest BCUT2D eigenvalue weighted by Gasteiger charge is -2.19. The highest BCUT2D eigenvalue weighted by Gasteiger charge is 2.27. The third-order valence-corrected chi connectivity index (χ3v) is 3.29. The maximum Gasteiger partial charge on any atom is 0.411 e. The van der Waals surface area contributed by atoms with Gasteiger partial charge in [-0.25, -0.2) is 8.78 Å². The molecular formula is C13H15BrF5NO. The van der Waals surface area contributed by atoms with Gasteiger partial charge >= 0.3 is 6.18 Å². The highest BCUT2D eigenvalue weighted by atomic mass is 79.9. The molecule has 1 aromatic rings. The summed E-state index contributed by atoms with van der Waals surface area (Å²) < 4.78 is 67.7. The van der Waals surface area contributed by atoms with Crippen LogP contribution in [-0.2, 0) is 4.74 Å². The van der Waals surface area contributed by atoms with Gasteiger partial charge in [0, 0.05) is 18.2 Å². The summed E-state index contributed by atoms with van der Waals surface area (Å²) >= 11 is 2.87. The van der Waals surface area contributed by atoms with Crippen LogP contribution in [0.4, 0.5) is 22.0 Å². The van der Waals surface area contributed by atoms with Crippen LogP contribution in [0.3, 0.4) is 0 Å². The minimum Gasteiger partial charge on any atom is -0.372 e. The number of ether oxygens (including phenoxy) is 1. The summed E-state index contributed by atoms with van der Waals surface area (Å²) in [5.74, 6) is -1.27. The Morgan fingerprint density at radius 2 is 1.90 bits per heavy atom. The summed E-state index contributed by atoms with van der Waals surface area (Å²) in [5, 5.41) is 2.90. The number of hydrogen-bond donors (Lipinski definition) is 1. The summed E-state index contributed by atoms with van der Waals surface area (Å²) in [6.45, 7) is 0.648. The monoisotopic (exact) mass is 375 g/mol. The Kier molecular flexibility index (Phi) is 7.02. The van der Waals surface area contributed by atoms with Crippen molar-refractivity contribution in [2.45, 2.75) is 25.6 Å². The molecular weight excluding hydrogens is 361 g/mol. The SMILES string of the molecule is CCNC(CCOCC(F)(F)F)c1cc(F)c(Br)cc1F. The minimum absolute atomic E-state index is 0.00711. The van der Waals surface area contributed by atoms with Crippen LogP contribution >= 0.6 is 15.9 Å². The normalized spacial score (nSPS) is 13.5. The molecule has 0 heterocycles. The van der Waals surface area contributed by atoms with Crippen molar-refractivity contribution in [3.8, 4) is 0 Å². The van der Waals surface area contributed by atoms with E-state index in [1.54, 1.807) is 6.92 Å². The lowest BCUT2D eigenvalue weighted by atomic mass is 10.0. The fourth-order valence-electron chi connectivity index (χ4n) is 1.81. The van der Waals surface area contributed by atoms with Crippen LogP contribution in [0.2, 0.25) is 0 Å². The van der Waals surface area contributed by atoms with Crippen LogP contribution < -0.4 is 5.32 Å². The van der Waals surface area contributed by atoms with Gasteiger partial charge in [0.25, 0.3) is 0 Å². The average molecular weight is 376 g/mol. The van der Waals surface area contributed by atoms with Gasteiger partial charge in [-0.3, -0.25) is 0 Å². The molecule has 1 unspecified atom stereocenters. The Morgan fingerprint density at radius 3 is 2.48 bits per heavy atom. The average Bonchev–Trinajstić information content (AvgIpc) is 2.36. The first kappa shape index (κ1) is 18.3. The molecule has 0 spiro atoms. The highest BCUT2D eigenvalue weighted by molar-refractivity contribution is 9.10. The van der Waals surface area contributed by atoms with E-state index >= 15 is 0 Å². The van der Waals surface area contributed by atoms with Crippen molar-refractivity contribution in [2.24, 2.45) is 0 Å². The van der Waals surface area contributed by atoms with Crippen molar-refractivity contribution in [1.82, 2.24) is 5.32 Å². The molecule has 0 fully saturated rings. The van der Waals surface area contributed by atoms with Crippen LogP contribution in [0.15, 0.2) is 16.6 Å². The second-order valence-electron chi connectivity index (χ2n) is 4.35. The first-order chi connectivity index (χ1) is 9.74. The van der Waals surface area contributed by atoms with Crippen LogP contribution in [0.5, 0.6) is 0 Å². The van der Waals surface area contributed by atoms with E-state index in [2.05, 4.69) is 26.0 Å². The lowest BCUT2D eigenvalue weighted by Crippen LogP contribution is -2.25. The highest BCUT2D eigenvalue weighted by Crippen LogP contribution is 2.26. The van der Waals surface area contributed by atoms with Crippen molar-refractivity contribution in [3.63, 3.8) is 0 Å². The van der Waals surface area contributed by atoms with Gasteiger partial charge in [0.2, 0.25) is 0 Å². The van der Waals surface area contributed by atoms with Gasteiger partial charge in [0.1, 0.15) is 18.2 Å². The van der Waals surface area contributed by atoms with E-state index in [1.165, 1.54) is 0 Å². The molecule has 0 amide bonds. The smallest absolute Gasteiger partial charge is 0.372 e. The van der Waals surface area contributed by atoms with Crippen molar-refractivity contribution in [1.29, 1.82) is 0 Å². The van der Waals surface area contributed by atoms with Crippen LogP contribution in [0, 0.1) is 11.6 Å². The minimum atomic E-state index is -4.40. The topological polar surface area (TPSA) is 21.3 Å². The number of alkyl halides is 3. The molecule has 0 aliphatic heterocycles. The second-order valence-corrected chi connectivity index (χ2v) is 5.21. The van der Waals surface area contributed by atoms with Gasteiger partial charge in [-0.05, 0) is 41.0 Å². The van der Waals surface area contributed by atoms with Crippen LogP contribution in [-0.4, -0.2) is 25.9 Å². The molecule has 0 saturated heterocycles. The zero-order valence-corrected chi connectivity index (χ0v) is 12.8. The zero-order chi connectivity index (χ0) is 16.0. The van der Waals surface area contributed by atoms with E-state index in [0.717, 1.165) is 12.1 Å². The number of benzene rings is 1. The van der Waals surface area contributed by atoms with Gasteiger partial charge in [-0.1, -0.05) is 6.92 Å². The largest absolute Gasteiger partial charge is 0.411 e. The van der Waals surface area contributed by atoms with Crippen molar-refractivity contribution < 1.29 is 26.7 Å². The summed E-state index contributed by atoms with van der Waals surface area (Å²) in [6.07, 6.45) is -4.30. The molecule has 0 aromatic heterocycles. The van der Waals surface area contributed by atoms with E-state index in [4.69, 9.17) is 0 Å². The third kappa shape index (κ3) is 6.27. The molecule has 2 nitrogen and oxygen atoms in total. The van der Waals surface area contributed by atoms with Crippen molar-refractivity contribution in [3.05, 3.63) is 33.8 Å². The van der Waals surface area contributed by atoms with Gasteiger partial charge < -0.3 is 10.1 Å². The lowest BCUT2D eigenvalue weighted by molar-refractivity contribution is -0.174. The predicted molar refractivity (Wildman–Crippen MR) is 72.0 cm³/mol. The Balaban J connectivity index is 2.71. The molecule has 1 N–H and O–H groups in total. The second kappa shape index (κ2) is 8.05. The maximum absolute atomic E-state index is 13.8. The first-order valence-corrected chi connectivity index (χ1v) is 7.06. The van der Waals surface area contributed by atoms with E-state index < -0.39 is 30.5 Å². The standard InChI is InChI=1S/C13H15BrF5NO/c1-2-20-12(3-4-21-7-13(17,18)19)8-5-11(16)9(14)6-10(8)15/h5-6,12,20H,2-4,7H2,1H3. The van der Waals surface area contributed by atoms with E-state index in [0.29, 0.717) is 6.54 Å². The predicted octanol–water partition coefficient (Wildman–Crippen LogP) is 4.35. The van der Waals surface area contributed by atoms with Crippen molar-refractivity contribution in [2.75, 3.05) is 19.8 Å². The fourth-order valence-corrected chi connectivity index (χ4v) is 2.12. The van der Waals surface area contributed by atoms with Gasteiger partial charge in [0.15, 0.2) is 0 Å². The summed E-state index contributed by atoms with van der Waals surface area (Å²) in [5.41, 5.74) is 0.0631. The van der Waals surface area contributed by atoms with E-state index in [-0.39, 0.29) is 23.1 Å². The van der Waals surface area contributed by atoms with Gasteiger partial charge in [-0.2, -0.15) is 13.2 Å². The molecule has 0 aliphatic rings. The molecule has 1 atom stereocenters. The molecule has 8 heteroatoms. The molecule has 1 rings (SSSR count). The molecule has 120 valence electrons. The summed E-state index contributed by atoms with van der Waals surface area (Å²) in [6, 6.07) is 1.40. The molecule has 0 bridgehead atoms. The third-order valence-electron chi connectivity index (χ3n) is 2.68. The van der Waals surface area contributed by atoms with E-state index in [1.807, 2.05) is 0 Å². The van der Waals surface area contributed by atoms with Gasteiger partial charge in [-0.15, -0.1) is 0 Å². The van der Waals surface area contributed by atoms with E-state index in [9.17, 15) is 22.0 Å². The summed E-state index contributed by atoms with van der Waals surface area (Å²) in [4.78, 5) is 0. The van der Waals surface area contributed by atoms with Crippen molar-refractivity contribution >= 4 is 15.9 Å². The van der Waals surface area contributed by atoms with Crippen LogP contribution in [0.25, 0.3) is 0 Å². The Hall–Kier alpha value is -0.730. The zero-order valence-electron chi connectivity index (χ0n) is 11.2. The Bertz CT molecular complexity index is 467.